The zero-order valence-corrected chi connectivity index (χ0v) is 16.3. The number of nitrogens with one attached hydrogen (secondary N) is 1. The molecule has 27 heavy (non-hydrogen) atoms. The molecule has 144 valence electrons. The first kappa shape index (κ1) is 19.4. The van der Waals surface area contributed by atoms with Gasteiger partial charge in [-0.1, -0.05) is 18.2 Å². The third-order valence-electron chi connectivity index (χ3n) is 5.34. The SMILES string of the molecule is Cc1ccc([C@H](C)NC(=O)CN2CCN(c3ccc(F)cc3)CC2)cc1C. The molecule has 0 bridgehead atoms. The first-order valence-corrected chi connectivity index (χ1v) is 9.52. The Morgan fingerprint density at radius 2 is 1.70 bits per heavy atom. The van der Waals surface area contributed by atoms with Crippen LogP contribution in [0.25, 0.3) is 0 Å². The van der Waals surface area contributed by atoms with Crippen LogP contribution in [0.2, 0.25) is 0 Å². The average molecular weight is 369 g/mol. The Morgan fingerprint density at radius 1 is 1.04 bits per heavy atom. The number of hydrogen-bond acceptors (Lipinski definition) is 3. The molecule has 1 atom stereocenters. The number of aryl methyl sites for hydroxylation is 2. The second-order valence-corrected chi connectivity index (χ2v) is 7.37. The predicted octanol–water partition coefficient (Wildman–Crippen LogP) is 3.44. The van der Waals surface area contributed by atoms with Crippen molar-refractivity contribution < 1.29 is 9.18 Å². The summed E-state index contributed by atoms with van der Waals surface area (Å²) in [5, 5.41) is 3.10. The van der Waals surface area contributed by atoms with Gasteiger partial charge in [0.05, 0.1) is 12.6 Å². The second kappa shape index (κ2) is 8.53. The lowest BCUT2D eigenvalue weighted by atomic mass is 10.0. The van der Waals surface area contributed by atoms with E-state index < -0.39 is 0 Å². The third kappa shape index (κ3) is 5.07. The van der Waals surface area contributed by atoms with Crippen LogP contribution >= 0.6 is 0 Å². The van der Waals surface area contributed by atoms with Crippen LogP contribution in [-0.4, -0.2) is 43.5 Å². The topological polar surface area (TPSA) is 35.6 Å². The molecule has 5 heteroatoms. The van der Waals surface area contributed by atoms with E-state index in [0.29, 0.717) is 6.54 Å². The lowest BCUT2D eigenvalue weighted by molar-refractivity contribution is -0.123. The molecule has 2 aromatic rings. The van der Waals surface area contributed by atoms with Crippen molar-refractivity contribution in [1.29, 1.82) is 0 Å². The van der Waals surface area contributed by atoms with Crippen LogP contribution in [0.1, 0.15) is 29.7 Å². The minimum Gasteiger partial charge on any atom is -0.369 e. The normalized spacial score (nSPS) is 16.2. The molecule has 0 radical (unpaired) electrons. The number of amides is 1. The summed E-state index contributed by atoms with van der Waals surface area (Å²) in [5.74, 6) is -0.164. The van der Waals surface area contributed by atoms with E-state index in [1.54, 1.807) is 0 Å². The highest BCUT2D eigenvalue weighted by Crippen LogP contribution is 2.18. The van der Waals surface area contributed by atoms with E-state index in [0.717, 1.165) is 37.4 Å². The standard InChI is InChI=1S/C22H28FN3O/c1-16-4-5-19(14-17(16)2)18(3)24-22(27)15-25-10-12-26(13-11-25)21-8-6-20(23)7-9-21/h4-9,14,18H,10-13,15H2,1-3H3,(H,24,27)/t18-/m0/s1. The Bertz CT molecular complexity index is 783. The van der Waals surface area contributed by atoms with Gasteiger partial charge in [0.2, 0.25) is 5.91 Å². The molecule has 4 nitrogen and oxygen atoms in total. The van der Waals surface area contributed by atoms with Gasteiger partial charge in [0.15, 0.2) is 0 Å². The smallest absolute Gasteiger partial charge is 0.234 e. The molecule has 2 aromatic carbocycles. The number of benzene rings is 2. The fourth-order valence-electron chi connectivity index (χ4n) is 3.42. The molecule has 0 spiro atoms. The maximum absolute atomic E-state index is 13.1. The first-order chi connectivity index (χ1) is 12.9. The van der Waals surface area contributed by atoms with Gasteiger partial charge in [-0.15, -0.1) is 0 Å². The Balaban J connectivity index is 1.47. The Kier molecular flexibility index (Phi) is 6.11. The molecule has 1 saturated heterocycles. The Labute approximate surface area is 161 Å². The minimum absolute atomic E-state index is 0.00250. The van der Waals surface area contributed by atoms with Gasteiger partial charge in [-0.25, -0.2) is 4.39 Å². The highest BCUT2D eigenvalue weighted by atomic mass is 19.1. The number of hydrogen-bond donors (Lipinski definition) is 1. The first-order valence-electron chi connectivity index (χ1n) is 9.52. The number of rotatable bonds is 5. The summed E-state index contributed by atoms with van der Waals surface area (Å²) in [5.41, 5.74) is 4.67. The number of carbonyl (C=O) groups excluding carboxylic acids is 1. The minimum atomic E-state index is -0.216. The molecule has 0 aromatic heterocycles. The monoisotopic (exact) mass is 369 g/mol. The van der Waals surface area contributed by atoms with Crippen LogP contribution in [-0.2, 0) is 4.79 Å². The maximum atomic E-state index is 13.1. The fraction of sp³-hybridized carbons (Fsp3) is 0.409. The molecule has 1 amide bonds. The lowest BCUT2D eigenvalue weighted by Crippen LogP contribution is -2.49. The van der Waals surface area contributed by atoms with Crippen LogP contribution in [0.4, 0.5) is 10.1 Å². The van der Waals surface area contributed by atoms with E-state index in [-0.39, 0.29) is 17.8 Å². The zero-order valence-electron chi connectivity index (χ0n) is 16.3. The molecular formula is C22H28FN3O. The lowest BCUT2D eigenvalue weighted by Gasteiger charge is -2.35. The zero-order chi connectivity index (χ0) is 19.4. The molecule has 1 heterocycles. The van der Waals surface area contributed by atoms with Crippen LogP contribution in [0.15, 0.2) is 42.5 Å². The molecule has 1 aliphatic rings. The van der Waals surface area contributed by atoms with E-state index >= 15 is 0 Å². The van der Waals surface area contributed by atoms with Gasteiger partial charge in [0, 0.05) is 31.9 Å². The van der Waals surface area contributed by atoms with E-state index in [9.17, 15) is 9.18 Å². The van der Waals surface area contributed by atoms with E-state index in [4.69, 9.17) is 0 Å². The van der Waals surface area contributed by atoms with Crippen LogP contribution in [0.5, 0.6) is 0 Å². The van der Waals surface area contributed by atoms with Crippen molar-refractivity contribution >= 4 is 11.6 Å². The van der Waals surface area contributed by atoms with Crippen molar-refractivity contribution in [2.45, 2.75) is 26.8 Å². The number of piperazine rings is 1. The van der Waals surface area contributed by atoms with Crippen molar-refractivity contribution in [3.8, 4) is 0 Å². The molecule has 1 fully saturated rings. The molecule has 3 rings (SSSR count). The average Bonchev–Trinajstić information content (AvgIpc) is 2.65. The summed E-state index contributed by atoms with van der Waals surface area (Å²) in [7, 11) is 0. The summed E-state index contributed by atoms with van der Waals surface area (Å²) in [6.07, 6.45) is 0. The van der Waals surface area contributed by atoms with E-state index in [1.165, 1.54) is 23.3 Å². The second-order valence-electron chi connectivity index (χ2n) is 7.37. The number of halogens is 1. The molecule has 0 saturated carbocycles. The fourth-order valence-corrected chi connectivity index (χ4v) is 3.42. The van der Waals surface area contributed by atoms with Crippen LogP contribution in [0, 0.1) is 19.7 Å². The van der Waals surface area contributed by atoms with E-state index in [2.05, 4.69) is 47.2 Å². The van der Waals surface area contributed by atoms with Gasteiger partial charge in [0.25, 0.3) is 0 Å². The molecule has 0 aliphatic carbocycles. The molecular weight excluding hydrogens is 341 g/mol. The van der Waals surface area contributed by atoms with Crippen LogP contribution in [0.3, 0.4) is 0 Å². The van der Waals surface area contributed by atoms with E-state index in [1.807, 2.05) is 19.1 Å². The Hall–Kier alpha value is -2.40. The predicted molar refractivity (Wildman–Crippen MR) is 108 cm³/mol. The molecule has 1 aliphatic heterocycles. The number of carbonyl (C=O) groups is 1. The van der Waals surface area contributed by atoms with Crippen molar-refractivity contribution in [2.75, 3.05) is 37.6 Å². The summed E-state index contributed by atoms with van der Waals surface area (Å²) in [4.78, 5) is 16.8. The van der Waals surface area contributed by atoms with Gasteiger partial charge in [-0.2, -0.15) is 0 Å². The molecule has 0 unspecified atom stereocenters. The number of anilines is 1. The van der Waals surface area contributed by atoms with Crippen molar-refractivity contribution in [2.24, 2.45) is 0 Å². The van der Waals surface area contributed by atoms with Gasteiger partial charge in [-0.3, -0.25) is 9.69 Å². The maximum Gasteiger partial charge on any atom is 0.234 e. The van der Waals surface area contributed by atoms with Gasteiger partial charge >= 0.3 is 0 Å². The quantitative estimate of drug-likeness (QED) is 0.877. The summed E-state index contributed by atoms with van der Waals surface area (Å²) in [6.45, 7) is 9.94. The van der Waals surface area contributed by atoms with Crippen molar-refractivity contribution in [3.63, 3.8) is 0 Å². The summed E-state index contributed by atoms with van der Waals surface area (Å²) < 4.78 is 13.1. The van der Waals surface area contributed by atoms with Gasteiger partial charge < -0.3 is 10.2 Å². The van der Waals surface area contributed by atoms with Crippen molar-refractivity contribution in [3.05, 3.63) is 65.0 Å². The molecule has 1 N–H and O–H groups in total. The highest BCUT2D eigenvalue weighted by Gasteiger charge is 2.20. The van der Waals surface area contributed by atoms with Crippen LogP contribution < -0.4 is 10.2 Å². The summed E-state index contributed by atoms with van der Waals surface area (Å²) >= 11 is 0. The van der Waals surface area contributed by atoms with Crippen molar-refractivity contribution in [1.82, 2.24) is 10.2 Å². The van der Waals surface area contributed by atoms with Gasteiger partial charge in [-0.05, 0) is 61.7 Å². The van der Waals surface area contributed by atoms with Gasteiger partial charge in [0.1, 0.15) is 5.82 Å². The highest BCUT2D eigenvalue weighted by molar-refractivity contribution is 5.78. The largest absolute Gasteiger partial charge is 0.369 e. The third-order valence-corrected chi connectivity index (χ3v) is 5.34. The summed E-state index contributed by atoms with van der Waals surface area (Å²) in [6, 6.07) is 12.9. The number of nitrogens with zero attached hydrogens (tertiary/aromatic N) is 2. The Morgan fingerprint density at radius 3 is 2.33 bits per heavy atom.